The van der Waals surface area contributed by atoms with Crippen molar-refractivity contribution < 1.29 is 22.0 Å². The Labute approximate surface area is 183 Å². The van der Waals surface area contributed by atoms with E-state index in [2.05, 4.69) is 10.3 Å². The number of anilines is 1. The number of fused-ring (bicyclic) bond motifs is 1. The number of hydrogen-bond acceptors (Lipinski definition) is 4. The quantitative estimate of drug-likeness (QED) is 0.466. The fraction of sp³-hybridized carbons (Fsp3) is 0.130. The molecule has 0 aliphatic rings. The van der Waals surface area contributed by atoms with Gasteiger partial charge in [-0.25, -0.2) is 13.4 Å². The van der Waals surface area contributed by atoms with Gasteiger partial charge in [-0.05, 0) is 49.2 Å². The zero-order chi connectivity index (χ0) is 23.0. The standard InChI is InChI=1S/C23H19F2N3O3S/c1-14-9-10-16(19-13-28-11-5-6-15(2)21(28)26-19)12-18(14)27-22(29)17-7-3-4-8-20(17)32(30,31)23(24)25/h3-13,23H,1-2H3,(H,27,29). The summed E-state index contributed by atoms with van der Waals surface area (Å²) in [6.45, 7) is 3.73. The second-order valence-electron chi connectivity index (χ2n) is 7.33. The van der Waals surface area contributed by atoms with E-state index < -0.39 is 26.4 Å². The Morgan fingerprint density at radius 1 is 1.03 bits per heavy atom. The molecule has 1 amide bonds. The van der Waals surface area contributed by atoms with Crippen LogP contribution in [0.25, 0.3) is 16.9 Å². The lowest BCUT2D eigenvalue weighted by Crippen LogP contribution is -2.20. The molecule has 164 valence electrons. The molecule has 0 bridgehead atoms. The number of imidazole rings is 1. The summed E-state index contributed by atoms with van der Waals surface area (Å²) < 4.78 is 52.0. The summed E-state index contributed by atoms with van der Waals surface area (Å²) in [5.74, 6) is -4.42. The molecule has 0 saturated heterocycles. The van der Waals surface area contributed by atoms with Crippen LogP contribution in [0.4, 0.5) is 14.5 Å². The summed E-state index contributed by atoms with van der Waals surface area (Å²) in [5.41, 5.74) is 4.04. The average Bonchev–Trinajstić information content (AvgIpc) is 3.21. The highest BCUT2D eigenvalue weighted by Gasteiger charge is 2.31. The first-order chi connectivity index (χ1) is 15.2. The molecule has 0 spiro atoms. The molecule has 0 aliphatic heterocycles. The van der Waals surface area contributed by atoms with Gasteiger partial charge in [-0.2, -0.15) is 8.78 Å². The number of rotatable bonds is 5. The highest BCUT2D eigenvalue weighted by Crippen LogP contribution is 2.28. The highest BCUT2D eigenvalue weighted by molar-refractivity contribution is 7.91. The van der Waals surface area contributed by atoms with Crippen molar-refractivity contribution in [2.24, 2.45) is 0 Å². The minimum absolute atomic E-state index is 0.346. The van der Waals surface area contributed by atoms with Crippen LogP contribution in [0.1, 0.15) is 21.5 Å². The van der Waals surface area contributed by atoms with Gasteiger partial charge >= 0.3 is 5.76 Å². The zero-order valence-corrected chi connectivity index (χ0v) is 18.0. The van der Waals surface area contributed by atoms with Gasteiger partial charge in [-0.15, -0.1) is 0 Å². The van der Waals surface area contributed by atoms with Gasteiger partial charge in [0.1, 0.15) is 5.65 Å². The van der Waals surface area contributed by atoms with E-state index in [1.165, 1.54) is 18.2 Å². The number of carbonyl (C=O) groups excluding carboxylic acids is 1. The first-order valence-corrected chi connectivity index (χ1v) is 11.2. The van der Waals surface area contributed by atoms with Crippen molar-refractivity contribution in [3.63, 3.8) is 0 Å². The van der Waals surface area contributed by atoms with Crippen molar-refractivity contribution >= 4 is 27.1 Å². The number of aromatic nitrogens is 2. The molecule has 2 aromatic carbocycles. The number of amides is 1. The van der Waals surface area contributed by atoms with Crippen LogP contribution in [-0.2, 0) is 9.84 Å². The number of carbonyl (C=O) groups is 1. The molecule has 0 atom stereocenters. The maximum absolute atomic E-state index is 13.1. The molecule has 0 saturated carbocycles. The van der Waals surface area contributed by atoms with Crippen LogP contribution in [0.3, 0.4) is 0 Å². The van der Waals surface area contributed by atoms with Crippen molar-refractivity contribution in [2.75, 3.05) is 5.32 Å². The molecule has 0 aliphatic carbocycles. The van der Waals surface area contributed by atoms with Gasteiger partial charge in [0.25, 0.3) is 5.91 Å². The molecule has 0 radical (unpaired) electrons. The fourth-order valence-corrected chi connectivity index (χ4v) is 4.32. The molecule has 32 heavy (non-hydrogen) atoms. The lowest BCUT2D eigenvalue weighted by molar-refractivity contribution is 0.102. The van der Waals surface area contributed by atoms with E-state index in [0.29, 0.717) is 11.4 Å². The van der Waals surface area contributed by atoms with Crippen LogP contribution in [-0.4, -0.2) is 29.5 Å². The Morgan fingerprint density at radius 3 is 2.50 bits per heavy atom. The van der Waals surface area contributed by atoms with E-state index in [-0.39, 0.29) is 5.56 Å². The summed E-state index contributed by atoms with van der Waals surface area (Å²) >= 11 is 0. The monoisotopic (exact) mass is 455 g/mol. The number of pyridine rings is 1. The molecule has 6 nitrogen and oxygen atoms in total. The number of hydrogen-bond donors (Lipinski definition) is 1. The first kappa shape index (κ1) is 21.6. The molecule has 2 aromatic heterocycles. The minimum Gasteiger partial charge on any atom is -0.322 e. The van der Waals surface area contributed by atoms with Crippen LogP contribution >= 0.6 is 0 Å². The smallest absolute Gasteiger partial charge is 0.322 e. The van der Waals surface area contributed by atoms with Crippen LogP contribution in [0.15, 0.2) is 71.9 Å². The lowest BCUT2D eigenvalue weighted by atomic mass is 10.1. The number of sulfone groups is 1. The molecule has 0 fully saturated rings. The Balaban J connectivity index is 1.70. The molecule has 4 aromatic rings. The average molecular weight is 455 g/mol. The topological polar surface area (TPSA) is 80.5 Å². The minimum atomic E-state index is -4.93. The number of alkyl halides is 2. The van der Waals surface area contributed by atoms with Gasteiger partial charge in [0.05, 0.1) is 16.2 Å². The summed E-state index contributed by atoms with van der Waals surface area (Å²) in [7, 11) is -4.93. The van der Waals surface area contributed by atoms with Crippen LogP contribution in [0.2, 0.25) is 0 Å². The Morgan fingerprint density at radius 2 is 1.78 bits per heavy atom. The number of nitrogens with zero attached hydrogens (tertiary/aromatic N) is 2. The van der Waals surface area contributed by atoms with E-state index in [4.69, 9.17) is 0 Å². The van der Waals surface area contributed by atoms with E-state index in [9.17, 15) is 22.0 Å². The predicted octanol–water partition coefficient (Wildman–Crippen LogP) is 4.87. The number of benzene rings is 2. The van der Waals surface area contributed by atoms with E-state index >= 15 is 0 Å². The van der Waals surface area contributed by atoms with Crippen LogP contribution in [0, 0.1) is 13.8 Å². The normalized spacial score (nSPS) is 11.8. The van der Waals surface area contributed by atoms with Crippen molar-refractivity contribution in [1.82, 2.24) is 9.38 Å². The van der Waals surface area contributed by atoms with E-state index in [0.717, 1.165) is 28.4 Å². The summed E-state index contributed by atoms with van der Waals surface area (Å²) in [5, 5.41) is 2.65. The maximum Gasteiger partial charge on any atom is 0.341 e. The van der Waals surface area contributed by atoms with Gasteiger partial charge in [0, 0.05) is 23.6 Å². The molecular formula is C23H19F2N3O3S. The lowest BCUT2D eigenvalue weighted by Gasteiger charge is -2.13. The third kappa shape index (κ3) is 3.87. The third-order valence-electron chi connectivity index (χ3n) is 5.13. The molecule has 2 heterocycles. The van der Waals surface area contributed by atoms with Gasteiger partial charge in [0.15, 0.2) is 0 Å². The summed E-state index contributed by atoms with van der Waals surface area (Å²) in [6, 6.07) is 14.2. The highest BCUT2D eigenvalue weighted by atomic mass is 32.2. The van der Waals surface area contributed by atoms with Gasteiger partial charge in [0.2, 0.25) is 9.84 Å². The number of halogens is 2. The fourth-order valence-electron chi connectivity index (χ4n) is 3.40. The Hall–Kier alpha value is -3.59. The van der Waals surface area contributed by atoms with Crippen molar-refractivity contribution in [1.29, 1.82) is 0 Å². The first-order valence-electron chi connectivity index (χ1n) is 9.66. The number of aryl methyl sites for hydroxylation is 2. The van der Waals surface area contributed by atoms with Crippen molar-refractivity contribution in [3.8, 4) is 11.3 Å². The molecule has 0 unspecified atom stereocenters. The molecule has 9 heteroatoms. The SMILES string of the molecule is Cc1ccc(-c2cn3cccc(C)c3n2)cc1NC(=O)c1ccccc1S(=O)(=O)C(F)F. The molecular weight excluding hydrogens is 436 g/mol. The van der Waals surface area contributed by atoms with E-state index in [1.807, 2.05) is 41.9 Å². The van der Waals surface area contributed by atoms with Crippen molar-refractivity contribution in [2.45, 2.75) is 24.5 Å². The largest absolute Gasteiger partial charge is 0.341 e. The second-order valence-corrected chi connectivity index (χ2v) is 9.22. The zero-order valence-electron chi connectivity index (χ0n) is 17.2. The second kappa shape index (κ2) is 8.16. The molecule has 1 N–H and O–H groups in total. The van der Waals surface area contributed by atoms with Gasteiger partial charge < -0.3 is 9.72 Å². The molecule has 4 rings (SSSR count). The van der Waals surface area contributed by atoms with Crippen LogP contribution in [0.5, 0.6) is 0 Å². The van der Waals surface area contributed by atoms with Crippen LogP contribution < -0.4 is 5.32 Å². The van der Waals surface area contributed by atoms with E-state index in [1.54, 1.807) is 19.1 Å². The number of nitrogens with one attached hydrogen (secondary N) is 1. The van der Waals surface area contributed by atoms with Gasteiger partial charge in [-0.1, -0.05) is 30.3 Å². The maximum atomic E-state index is 13.1. The predicted molar refractivity (Wildman–Crippen MR) is 118 cm³/mol. The van der Waals surface area contributed by atoms with Gasteiger partial charge in [-0.3, -0.25) is 4.79 Å². The Bertz CT molecular complexity index is 1450. The Kier molecular flexibility index (Phi) is 5.52. The summed E-state index contributed by atoms with van der Waals surface area (Å²) in [6.07, 6.45) is 3.75. The third-order valence-corrected chi connectivity index (χ3v) is 6.57. The summed E-state index contributed by atoms with van der Waals surface area (Å²) in [4.78, 5) is 16.8. The van der Waals surface area contributed by atoms with Crippen molar-refractivity contribution in [3.05, 3.63) is 83.7 Å².